The van der Waals surface area contributed by atoms with E-state index in [0.717, 1.165) is 41.0 Å². The Morgan fingerprint density at radius 2 is 1.32 bits per heavy atom. The lowest BCUT2D eigenvalue weighted by Crippen LogP contribution is -2.11. The number of halogens is 2. The Morgan fingerprint density at radius 1 is 0.679 bits per heavy atom. The summed E-state index contributed by atoms with van der Waals surface area (Å²) < 4.78 is 28.7. The summed E-state index contributed by atoms with van der Waals surface area (Å²) in [6.45, 7) is 4.05. The molecule has 0 aromatic heterocycles. The van der Waals surface area contributed by atoms with Crippen LogP contribution in [0.4, 0.5) is 8.78 Å². The summed E-state index contributed by atoms with van der Waals surface area (Å²) in [7, 11) is 0. The molecule has 0 saturated heterocycles. The van der Waals surface area contributed by atoms with E-state index in [4.69, 9.17) is 0 Å². The predicted molar refractivity (Wildman–Crippen MR) is 112 cm³/mol. The standard InChI is InChI=1S/C26H26F2/c1-17-3-6-19(7-4-17)23-13-14-24(26(28)16-23)21-11-9-20(10-12-21)22-8-5-18(2)25(27)15-22/h5,8-17,19H,3-4,6-7H2,1-2H3. The predicted octanol–water partition coefficient (Wildman–Crippen LogP) is 7.90. The van der Waals surface area contributed by atoms with E-state index in [1.54, 1.807) is 25.1 Å². The normalized spacial score (nSPS) is 19.6. The maximum Gasteiger partial charge on any atom is 0.131 e. The van der Waals surface area contributed by atoms with Crippen molar-refractivity contribution in [3.8, 4) is 22.3 Å². The van der Waals surface area contributed by atoms with Gasteiger partial charge in [-0.25, -0.2) is 8.78 Å². The SMILES string of the molecule is Cc1ccc(-c2ccc(-c3ccc(C4CCC(C)CC4)cc3F)cc2)cc1F. The highest BCUT2D eigenvalue weighted by Gasteiger charge is 2.20. The van der Waals surface area contributed by atoms with Gasteiger partial charge in [0.15, 0.2) is 0 Å². The summed E-state index contributed by atoms with van der Waals surface area (Å²) in [4.78, 5) is 0. The Labute approximate surface area is 166 Å². The molecule has 0 amide bonds. The van der Waals surface area contributed by atoms with Gasteiger partial charge in [0.1, 0.15) is 11.6 Å². The van der Waals surface area contributed by atoms with E-state index >= 15 is 0 Å². The molecular weight excluding hydrogens is 350 g/mol. The Kier molecular flexibility index (Phi) is 5.30. The number of hydrogen-bond acceptors (Lipinski definition) is 0. The van der Waals surface area contributed by atoms with Crippen molar-refractivity contribution in [1.82, 2.24) is 0 Å². The van der Waals surface area contributed by atoms with E-state index in [1.165, 1.54) is 12.8 Å². The fraction of sp³-hybridized carbons (Fsp3) is 0.308. The third kappa shape index (κ3) is 3.87. The molecule has 1 aliphatic rings. The zero-order valence-electron chi connectivity index (χ0n) is 16.5. The average molecular weight is 376 g/mol. The van der Waals surface area contributed by atoms with E-state index in [-0.39, 0.29) is 11.6 Å². The molecule has 0 aliphatic heterocycles. The molecule has 3 aromatic carbocycles. The molecule has 0 atom stereocenters. The highest BCUT2D eigenvalue weighted by atomic mass is 19.1. The molecule has 1 aliphatic carbocycles. The van der Waals surface area contributed by atoms with E-state index in [2.05, 4.69) is 13.0 Å². The van der Waals surface area contributed by atoms with Crippen molar-refractivity contribution in [2.75, 3.05) is 0 Å². The number of rotatable bonds is 3. The van der Waals surface area contributed by atoms with Crippen LogP contribution in [0.5, 0.6) is 0 Å². The molecule has 0 nitrogen and oxygen atoms in total. The van der Waals surface area contributed by atoms with Gasteiger partial charge in [-0.3, -0.25) is 0 Å². The topological polar surface area (TPSA) is 0 Å². The summed E-state index contributed by atoms with van der Waals surface area (Å²) in [5.41, 5.74) is 4.98. The van der Waals surface area contributed by atoms with Gasteiger partial charge in [-0.1, -0.05) is 68.3 Å². The van der Waals surface area contributed by atoms with Crippen molar-refractivity contribution in [2.45, 2.75) is 45.4 Å². The Hall–Kier alpha value is -2.48. The van der Waals surface area contributed by atoms with Crippen LogP contribution in [0.25, 0.3) is 22.3 Å². The number of benzene rings is 3. The smallest absolute Gasteiger partial charge is 0.131 e. The molecule has 0 spiro atoms. The largest absolute Gasteiger partial charge is 0.207 e. The molecule has 28 heavy (non-hydrogen) atoms. The summed E-state index contributed by atoms with van der Waals surface area (Å²) in [5, 5.41) is 0. The molecule has 4 rings (SSSR count). The molecule has 0 bridgehead atoms. The molecule has 1 saturated carbocycles. The second-order valence-electron chi connectivity index (χ2n) is 8.24. The van der Waals surface area contributed by atoms with Gasteiger partial charge in [-0.15, -0.1) is 0 Å². The molecule has 1 fully saturated rings. The average Bonchev–Trinajstić information content (AvgIpc) is 2.71. The molecule has 3 aromatic rings. The molecule has 0 N–H and O–H groups in total. The first-order chi connectivity index (χ1) is 13.5. The van der Waals surface area contributed by atoms with Crippen LogP contribution in [0.15, 0.2) is 60.7 Å². The lowest BCUT2D eigenvalue weighted by Gasteiger charge is -2.26. The lowest BCUT2D eigenvalue weighted by atomic mass is 9.79. The second-order valence-corrected chi connectivity index (χ2v) is 8.24. The second kappa shape index (κ2) is 7.87. The minimum atomic E-state index is -0.208. The van der Waals surface area contributed by atoms with Crippen LogP contribution in [0.2, 0.25) is 0 Å². The van der Waals surface area contributed by atoms with Crippen molar-refractivity contribution in [3.63, 3.8) is 0 Å². The highest BCUT2D eigenvalue weighted by molar-refractivity contribution is 5.71. The van der Waals surface area contributed by atoms with E-state index < -0.39 is 0 Å². The monoisotopic (exact) mass is 376 g/mol. The van der Waals surface area contributed by atoms with Crippen molar-refractivity contribution in [2.24, 2.45) is 5.92 Å². The van der Waals surface area contributed by atoms with E-state index in [0.29, 0.717) is 17.0 Å². The van der Waals surface area contributed by atoms with Crippen LogP contribution in [0.3, 0.4) is 0 Å². The molecule has 0 heterocycles. The van der Waals surface area contributed by atoms with Crippen LogP contribution in [0, 0.1) is 24.5 Å². The van der Waals surface area contributed by atoms with Crippen LogP contribution in [0.1, 0.15) is 49.7 Å². The minimum absolute atomic E-state index is 0.162. The fourth-order valence-corrected chi connectivity index (χ4v) is 4.23. The van der Waals surface area contributed by atoms with Crippen LogP contribution in [-0.4, -0.2) is 0 Å². The molecule has 2 heteroatoms. The summed E-state index contributed by atoms with van der Waals surface area (Å²) in [6, 6.07) is 18.6. The van der Waals surface area contributed by atoms with Crippen LogP contribution < -0.4 is 0 Å². The van der Waals surface area contributed by atoms with E-state index in [9.17, 15) is 8.78 Å². The van der Waals surface area contributed by atoms with Gasteiger partial charge < -0.3 is 0 Å². The highest BCUT2D eigenvalue weighted by Crippen LogP contribution is 2.37. The van der Waals surface area contributed by atoms with Gasteiger partial charge >= 0.3 is 0 Å². The maximum absolute atomic E-state index is 14.8. The van der Waals surface area contributed by atoms with Gasteiger partial charge in [0, 0.05) is 5.56 Å². The van der Waals surface area contributed by atoms with Gasteiger partial charge in [0.25, 0.3) is 0 Å². The molecule has 0 radical (unpaired) electrons. The fourth-order valence-electron chi connectivity index (χ4n) is 4.23. The third-order valence-corrected chi connectivity index (χ3v) is 6.18. The van der Waals surface area contributed by atoms with Gasteiger partial charge in [-0.05, 0) is 71.6 Å². The zero-order chi connectivity index (χ0) is 19.7. The van der Waals surface area contributed by atoms with Gasteiger partial charge in [0.2, 0.25) is 0 Å². The quantitative estimate of drug-likeness (QED) is 0.436. The third-order valence-electron chi connectivity index (χ3n) is 6.18. The minimum Gasteiger partial charge on any atom is -0.207 e. The first-order valence-corrected chi connectivity index (χ1v) is 10.2. The Balaban J connectivity index is 1.56. The summed E-state index contributed by atoms with van der Waals surface area (Å²) in [6.07, 6.45) is 4.77. The number of aryl methyl sites for hydroxylation is 1. The van der Waals surface area contributed by atoms with Crippen molar-refractivity contribution < 1.29 is 8.78 Å². The maximum atomic E-state index is 14.8. The van der Waals surface area contributed by atoms with Crippen LogP contribution >= 0.6 is 0 Å². The van der Waals surface area contributed by atoms with E-state index in [1.807, 2.05) is 36.4 Å². The number of hydrogen-bond donors (Lipinski definition) is 0. The Morgan fingerprint density at radius 3 is 1.96 bits per heavy atom. The molecule has 0 unspecified atom stereocenters. The Bertz CT molecular complexity index is 964. The molecular formula is C26H26F2. The first kappa shape index (κ1) is 18.9. The van der Waals surface area contributed by atoms with Crippen molar-refractivity contribution in [1.29, 1.82) is 0 Å². The summed E-state index contributed by atoms with van der Waals surface area (Å²) >= 11 is 0. The van der Waals surface area contributed by atoms with Crippen LogP contribution in [-0.2, 0) is 0 Å². The molecule has 144 valence electrons. The zero-order valence-corrected chi connectivity index (χ0v) is 16.5. The van der Waals surface area contributed by atoms with Crippen molar-refractivity contribution in [3.05, 3.63) is 83.4 Å². The first-order valence-electron chi connectivity index (χ1n) is 10.2. The summed E-state index contributed by atoms with van der Waals surface area (Å²) in [5.74, 6) is 0.907. The van der Waals surface area contributed by atoms with Crippen molar-refractivity contribution >= 4 is 0 Å². The van der Waals surface area contributed by atoms with Gasteiger partial charge in [-0.2, -0.15) is 0 Å². The van der Waals surface area contributed by atoms with Gasteiger partial charge in [0.05, 0.1) is 0 Å². The lowest BCUT2D eigenvalue weighted by molar-refractivity contribution is 0.347.